The van der Waals surface area contributed by atoms with E-state index in [0.717, 1.165) is 17.9 Å². The minimum Gasteiger partial charge on any atom is -0.352 e. The summed E-state index contributed by atoms with van der Waals surface area (Å²) in [5, 5.41) is 2.80. The van der Waals surface area contributed by atoms with Crippen molar-refractivity contribution in [2.24, 2.45) is 5.73 Å². The predicted octanol–water partition coefficient (Wildman–Crippen LogP) is 2.88. The molecule has 0 unspecified atom stereocenters. The van der Waals surface area contributed by atoms with Gasteiger partial charge in [0, 0.05) is 16.7 Å². The third kappa shape index (κ3) is 6.21. The molecule has 0 aromatic heterocycles. The van der Waals surface area contributed by atoms with Crippen LogP contribution in [0, 0.1) is 6.92 Å². The lowest BCUT2D eigenvalue weighted by atomic mass is 10.2. The van der Waals surface area contributed by atoms with Gasteiger partial charge in [-0.25, -0.2) is 4.79 Å². The van der Waals surface area contributed by atoms with Crippen LogP contribution in [0.5, 0.6) is 0 Å². The van der Waals surface area contributed by atoms with Gasteiger partial charge in [-0.1, -0.05) is 17.7 Å². The van der Waals surface area contributed by atoms with Crippen LogP contribution < -0.4 is 11.1 Å². The SMILES string of the molecule is CSCC[C@@H](CSc1cccc(C)c1)NC(N)=O. The molecule has 2 amide bonds. The minimum absolute atomic E-state index is 0.139. The highest BCUT2D eigenvalue weighted by molar-refractivity contribution is 7.99. The first kappa shape index (κ1) is 15.2. The van der Waals surface area contributed by atoms with Gasteiger partial charge >= 0.3 is 6.03 Å². The minimum atomic E-state index is -0.439. The zero-order valence-electron chi connectivity index (χ0n) is 10.8. The van der Waals surface area contributed by atoms with Crippen LogP contribution in [0.2, 0.25) is 0 Å². The summed E-state index contributed by atoms with van der Waals surface area (Å²) in [6.07, 6.45) is 3.01. The summed E-state index contributed by atoms with van der Waals surface area (Å²) in [7, 11) is 0. The van der Waals surface area contributed by atoms with Crippen molar-refractivity contribution < 1.29 is 4.79 Å². The Labute approximate surface area is 117 Å². The van der Waals surface area contributed by atoms with E-state index in [4.69, 9.17) is 5.73 Å². The highest BCUT2D eigenvalue weighted by Crippen LogP contribution is 2.20. The van der Waals surface area contributed by atoms with E-state index in [1.165, 1.54) is 10.5 Å². The van der Waals surface area contributed by atoms with Crippen LogP contribution in [0.3, 0.4) is 0 Å². The van der Waals surface area contributed by atoms with Crippen molar-refractivity contribution in [2.75, 3.05) is 17.8 Å². The number of nitrogens with one attached hydrogen (secondary N) is 1. The molecule has 1 rings (SSSR count). The van der Waals surface area contributed by atoms with Gasteiger partial charge in [0.2, 0.25) is 0 Å². The Hall–Kier alpha value is -0.810. The number of hydrogen-bond acceptors (Lipinski definition) is 3. The highest BCUT2D eigenvalue weighted by atomic mass is 32.2. The number of carbonyl (C=O) groups excluding carboxylic acids is 1. The molecular weight excluding hydrogens is 264 g/mol. The molecule has 0 heterocycles. The van der Waals surface area contributed by atoms with Crippen LogP contribution in [0.25, 0.3) is 0 Å². The Morgan fingerprint density at radius 3 is 2.89 bits per heavy atom. The molecule has 0 bridgehead atoms. The Balaban J connectivity index is 2.47. The quantitative estimate of drug-likeness (QED) is 0.757. The second kappa shape index (κ2) is 8.32. The number of urea groups is 1. The third-order valence-corrected chi connectivity index (χ3v) is 4.26. The van der Waals surface area contributed by atoms with Crippen LogP contribution in [0.1, 0.15) is 12.0 Å². The molecule has 3 nitrogen and oxygen atoms in total. The molecule has 100 valence electrons. The van der Waals surface area contributed by atoms with Gasteiger partial charge in [0.15, 0.2) is 0 Å². The smallest absolute Gasteiger partial charge is 0.312 e. The van der Waals surface area contributed by atoms with Gasteiger partial charge < -0.3 is 11.1 Å². The molecule has 0 saturated heterocycles. The zero-order chi connectivity index (χ0) is 13.4. The third-order valence-electron chi connectivity index (χ3n) is 2.46. The van der Waals surface area contributed by atoms with E-state index in [9.17, 15) is 4.79 Å². The van der Waals surface area contributed by atoms with Gasteiger partial charge in [-0.15, -0.1) is 11.8 Å². The molecule has 0 aliphatic rings. The van der Waals surface area contributed by atoms with Gasteiger partial charge in [-0.2, -0.15) is 11.8 Å². The summed E-state index contributed by atoms with van der Waals surface area (Å²) in [6, 6.07) is 8.08. The van der Waals surface area contributed by atoms with Crippen molar-refractivity contribution in [1.29, 1.82) is 0 Å². The van der Waals surface area contributed by atoms with Crippen molar-refractivity contribution in [3.8, 4) is 0 Å². The van der Waals surface area contributed by atoms with E-state index in [2.05, 4.69) is 42.8 Å². The van der Waals surface area contributed by atoms with E-state index in [-0.39, 0.29) is 6.04 Å². The van der Waals surface area contributed by atoms with Crippen molar-refractivity contribution in [2.45, 2.75) is 24.3 Å². The topological polar surface area (TPSA) is 55.1 Å². The maximum Gasteiger partial charge on any atom is 0.312 e. The molecular formula is C13H20N2OS2. The van der Waals surface area contributed by atoms with Crippen molar-refractivity contribution >= 4 is 29.6 Å². The number of aryl methyl sites for hydroxylation is 1. The molecule has 0 aliphatic carbocycles. The standard InChI is InChI=1S/C13H20N2OS2/c1-10-4-3-5-12(8-10)18-9-11(6-7-17-2)15-13(14)16/h3-5,8,11H,6-7,9H2,1-2H3,(H3,14,15,16)/t11-/m0/s1. The van der Waals surface area contributed by atoms with Crippen LogP contribution >= 0.6 is 23.5 Å². The Morgan fingerprint density at radius 1 is 1.50 bits per heavy atom. The lowest BCUT2D eigenvalue weighted by Gasteiger charge is -2.16. The summed E-state index contributed by atoms with van der Waals surface area (Å²) in [4.78, 5) is 12.2. The van der Waals surface area contributed by atoms with Gasteiger partial charge in [0.1, 0.15) is 0 Å². The fraction of sp³-hybridized carbons (Fsp3) is 0.462. The second-order valence-electron chi connectivity index (χ2n) is 4.11. The molecule has 1 atom stereocenters. The summed E-state index contributed by atoms with van der Waals surface area (Å²) in [5.74, 6) is 1.88. The molecule has 18 heavy (non-hydrogen) atoms. The summed E-state index contributed by atoms with van der Waals surface area (Å²) >= 11 is 3.54. The molecule has 0 saturated carbocycles. The van der Waals surface area contributed by atoms with Gasteiger partial charge in [-0.3, -0.25) is 0 Å². The summed E-state index contributed by atoms with van der Waals surface area (Å²) in [6.45, 7) is 2.08. The second-order valence-corrected chi connectivity index (χ2v) is 6.19. The van der Waals surface area contributed by atoms with E-state index in [1.54, 1.807) is 23.5 Å². The fourth-order valence-electron chi connectivity index (χ4n) is 1.56. The average Bonchev–Trinajstić information content (AvgIpc) is 2.32. The number of thioether (sulfide) groups is 2. The molecule has 0 radical (unpaired) electrons. The molecule has 5 heteroatoms. The predicted molar refractivity (Wildman–Crippen MR) is 81.4 cm³/mol. The first-order chi connectivity index (χ1) is 8.61. The largest absolute Gasteiger partial charge is 0.352 e. The maximum absolute atomic E-state index is 10.9. The molecule has 1 aromatic rings. The van der Waals surface area contributed by atoms with Gasteiger partial charge in [-0.05, 0) is 37.5 Å². The number of hydrogen-bond donors (Lipinski definition) is 2. The van der Waals surface area contributed by atoms with Crippen molar-refractivity contribution in [3.63, 3.8) is 0 Å². The monoisotopic (exact) mass is 284 g/mol. The zero-order valence-corrected chi connectivity index (χ0v) is 12.4. The van der Waals surface area contributed by atoms with Crippen molar-refractivity contribution in [3.05, 3.63) is 29.8 Å². The normalized spacial score (nSPS) is 12.1. The Bertz CT molecular complexity index is 385. The summed E-state index contributed by atoms with van der Waals surface area (Å²) in [5.41, 5.74) is 6.45. The van der Waals surface area contributed by atoms with Crippen LogP contribution in [0.15, 0.2) is 29.2 Å². The molecule has 1 aromatic carbocycles. The van der Waals surface area contributed by atoms with Crippen LogP contribution in [-0.4, -0.2) is 29.8 Å². The molecule has 0 fully saturated rings. The first-order valence-electron chi connectivity index (χ1n) is 5.86. The average molecular weight is 284 g/mol. The summed E-state index contributed by atoms with van der Waals surface area (Å²) < 4.78 is 0. The highest BCUT2D eigenvalue weighted by Gasteiger charge is 2.10. The van der Waals surface area contributed by atoms with Gasteiger partial charge in [0.25, 0.3) is 0 Å². The first-order valence-corrected chi connectivity index (χ1v) is 8.24. The number of benzene rings is 1. The number of primary amides is 1. The van der Waals surface area contributed by atoms with E-state index in [0.29, 0.717) is 0 Å². The van der Waals surface area contributed by atoms with Gasteiger partial charge in [0.05, 0.1) is 0 Å². The molecule has 0 aliphatic heterocycles. The lowest BCUT2D eigenvalue weighted by molar-refractivity contribution is 0.246. The number of amides is 2. The molecule has 0 spiro atoms. The Kier molecular flexibility index (Phi) is 7.05. The number of carbonyl (C=O) groups is 1. The van der Waals surface area contributed by atoms with Crippen molar-refractivity contribution in [1.82, 2.24) is 5.32 Å². The fourth-order valence-corrected chi connectivity index (χ4v) is 3.17. The number of rotatable bonds is 7. The lowest BCUT2D eigenvalue weighted by Crippen LogP contribution is -2.40. The van der Waals surface area contributed by atoms with Crippen LogP contribution in [0.4, 0.5) is 4.79 Å². The van der Waals surface area contributed by atoms with E-state index < -0.39 is 6.03 Å². The Morgan fingerprint density at radius 2 is 2.28 bits per heavy atom. The van der Waals surface area contributed by atoms with E-state index >= 15 is 0 Å². The van der Waals surface area contributed by atoms with Crippen LogP contribution in [-0.2, 0) is 0 Å². The maximum atomic E-state index is 10.9. The molecule has 3 N–H and O–H groups in total. The number of nitrogens with two attached hydrogens (primary N) is 1. The van der Waals surface area contributed by atoms with E-state index in [1.807, 2.05) is 0 Å².